The van der Waals surface area contributed by atoms with E-state index in [9.17, 15) is 13.2 Å². The van der Waals surface area contributed by atoms with Crippen LogP contribution in [0.15, 0.2) is 0 Å². The summed E-state index contributed by atoms with van der Waals surface area (Å²) in [6.07, 6.45) is 0. The van der Waals surface area contributed by atoms with Crippen molar-refractivity contribution in [1.82, 2.24) is 0 Å². The van der Waals surface area contributed by atoms with Crippen LogP contribution in [-0.2, 0) is 0 Å². The molecule has 0 aliphatic heterocycles. The highest BCUT2D eigenvalue weighted by molar-refractivity contribution is 6.63. The molecule has 0 fully saturated rings. The second-order valence-corrected chi connectivity index (χ2v) is 3.11. The zero-order valence-corrected chi connectivity index (χ0v) is 7.87. The molecule has 0 atom stereocenters. The van der Waals surface area contributed by atoms with Crippen LogP contribution in [0.3, 0.4) is 0 Å². The molecule has 0 aliphatic carbocycles. The Morgan fingerprint density at radius 3 is 1.71 bits per heavy atom. The molecule has 0 heterocycles. The zero-order chi connectivity index (χ0) is 11.0. The van der Waals surface area contributed by atoms with Crippen LogP contribution in [-0.4, -0.2) is 17.2 Å². The number of hydrogen-bond donors (Lipinski definition) is 2. The second-order valence-electron chi connectivity index (χ2n) is 2.36. The number of hydrogen-bond acceptors (Lipinski definition) is 2. The summed E-state index contributed by atoms with van der Waals surface area (Å²) in [4.78, 5) is 0. The summed E-state index contributed by atoms with van der Waals surface area (Å²) in [5.74, 6) is -4.79. The van der Waals surface area contributed by atoms with Crippen molar-refractivity contribution in [3.8, 4) is 0 Å². The van der Waals surface area contributed by atoms with E-state index < -0.39 is 40.1 Å². The number of benzene rings is 1. The van der Waals surface area contributed by atoms with Crippen LogP contribution in [0.1, 0.15) is 0 Å². The van der Waals surface area contributed by atoms with Gasteiger partial charge in [0.25, 0.3) is 0 Å². The summed E-state index contributed by atoms with van der Waals surface area (Å²) < 4.78 is 38.5. The molecule has 1 aromatic rings. The van der Waals surface area contributed by atoms with Gasteiger partial charge in [0.05, 0.1) is 5.02 Å². The minimum atomic E-state index is -2.37. The van der Waals surface area contributed by atoms with E-state index in [4.69, 9.17) is 33.2 Å². The van der Waals surface area contributed by atoms with E-state index in [0.717, 1.165) is 0 Å². The molecule has 0 bridgehead atoms. The summed E-state index contributed by atoms with van der Waals surface area (Å²) >= 11 is 10.2. The molecule has 0 saturated heterocycles. The van der Waals surface area contributed by atoms with Gasteiger partial charge in [-0.2, -0.15) is 0 Å². The first-order chi connectivity index (χ1) is 6.37. The lowest BCUT2D eigenvalue weighted by Crippen LogP contribution is -2.35. The highest BCUT2D eigenvalue weighted by Crippen LogP contribution is 2.25. The van der Waals surface area contributed by atoms with Crippen LogP contribution in [0.4, 0.5) is 13.2 Å². The molecule has 76 valence electrons. The average Bonchev–Trinajstić information content (AvgIpc) is 2.11. The van der Waals surface area contributed by atoms with E-state index in [2.05, 4.69) is 0 Å². The summed E-state index contributed by atoms with van der Waals surface area (Å²) in [6.45, 7) is 0. The fourth-order valence-corrected chi connectivity index (χ4v) is 1.30. The van der Waals surface area contributed by atoms with Gasteiger partial charge in [-0.3, -0.25) is 0 Å². The summed E-state index contributed by atoms with van der Waals surface area (Å²) in [6, 6.07) is 0. The smallest absolute Gasteiger partial charge is 0.423 e. The van der Waals surface area contributed by atoms with E-state index >= 15 is 0 Å². The Morgan fingerprint density at radius 1 is 0.857 bits per heavy atom. The van der Waals surface area contributed by atoms with Gasteiger partial charge in [-0.15, -0.1) is 0 Å². The third kappa shape index (κ3) is 1.70. The van der Waals surface area contributed by atoms with Crippen molar-refractivity contribution in [3.05, 3.63) is 27.5 Å². The van der Waals surface area contributed by atoms with Crippen LogP contribution in [0.25, 0.3) is 0 Å². The molecule has 0 amide bonds. The van der Waals surface area contributed by atoms with Gasteiger partial charge in [0, 0.05) is 5.46 Å². The molecule has 2 nitrogen and oxygen atoms in total. The Kier molecular flexibility index (Phi) is 3.31. The maximum absolute atomic E-state index is 13.0. The van der Waals surface area contributed by atoms with Crippen molar-refractivity contribution >= 4 is 35.8 Å². The number of halogens is 5. The fraction of sp³-hybridized carbons (Fsp3) is 0. The summed E-state index contributed by atoms with van der Waals surface area (Å²) in [5.41, 5.74) is -0.990. The van der Waals surface area contributed by atoms with Crippen molar-refractivity contribution < 1.29 is 23.2 Å². The van der Waals surface area contributed by atoms with Crippen LogP contribution in [0.2, 0.25) is 10.0 Å². The predicted molar refractivity (Wildman–Crippen MR) is 46.2 cm³/mol. The lowest BCUT2D eigenvalue weighted by molar-refractivity contribution is 0.421. The highest BCUT2D eigenvalue weighted by Gasteiger charge is 2.29. The molecule has 0 spiro atoms. The normalized spacial score (nSPS) is 10.5. The van der Waals surface area contributed by atoms with Crippen LogP contribution >= 0.6 is 23.2 Å². The molecular weight excluding hydrogens is 243 g/mol. The van der Waals surface area contributed by atoms with Gasteiger partial charge < -0.3 is 10.0 Å². The largest absolute Gasteiger partial charge is 0.493 e. The van der Waals surface area contributed by atoms with Gasteiger partial charge in [-0.25, -0.2) is 13.2 Å². The monoisotopic (exact) mass is 244 g/mol. The van der Waals surface area contributed by atoms with Gasteiger partial charge in [-0.1, -0.05) is 23.2 Å². The molecule has 14 heavy (non-hydrogen) atoms. The van der Waals surface area contributed by atoms with Gasteiger partial charge >= 0.3 is 7.12 Å². The molecule has 2 N–H and O–H groups in total. The lowest BCUT2D eigenvalue weighted by atomic mass is 9.79. The minimum absolute atomic E-state index is 0.990. The maximum Gasteiger partial charge on any atom is 0.493 e. The molecule has 8 heteroatoms. The molecule has 0 aromatic heterocycles. The molecule has 1 rings (SSSR count). The first-order valence-corrected chi connectivity index (χ1v) is 4.01. The third-order valence-corrected chi connectivity index (χ3v) is 2.20. The SMILES string of the molecule is OB(O)c1c(F)c(Cl)c(F)c(F)c1Cl. The Balaban J connectivity index is 3.60. The van der Waals surface area contributed by atoms with Crippen LogP contribution < -0.4 is 5.46 Å². The van der Waals surface area contributed by atoms with Gasteiger partial charge in [0.1, 0.15) is 10.8 Å². The average molecular weight is 245 g/mol. The number of rotatable bonds is 1. The van der Waals surface area contributed by atoms with E-state index in [-0.39, 0.29) is 0 Å². The third-order valence-electron chi connectivity index (χ3n) is 1.50. The summed E-state index contributed by atoms with van der Waals surface area (Å²) in [5, 5.41) is 15.0. The Morgan fingerprint density at radius 2 is 1.29 bits per heavy atom. The Hall–Kier alpha value is -0.425. The first kappa shape index (κ1) is 11.6. The topological polar surface area (TPSA) is 40.5 Å². The molecular formula is C6H2BCl2F3O2. The minimum Gasteiger partial charge on any atom is -0.423 e. The Bertz CT molecular complexity index is 357. The van der Waals surface area contributed by atoms with E-state index in [1.807, 2.05) is 0 Å². The van der Waals surface area contributed by atoms with Crippen LogP contribution in [0.5, 0.6) is 0 Å². The highest BCUT2D eigenvalue weighted by atomic mass is 35.5. The first-order valence-electron chi connectivity index (χ1n) is 3.25. The standard InChI is InChI=1S/C6H2BCl2F3O2/c8-2-1(7(13)14)4(10)3(9)6(12)5(2)11/h13-14H. The molecule has 0 unspecified atom stereocenters. The van der Waals surface area contributed by atoms with E-state index in [1.54, 1.807) is 0 Å². The second kappa shape index (κ2) is 3.98. The molecule has 1 aromatic carbocycles. The van der Waals surface area contributed by atoms with Gasteiger partial charge in [0.15, 0.2) is 11.6 Å². The molecule has 0 aliphatic rings. The van der Waals surface area contributed by atoms with Crippen molar-refractivity contribution in [2.45, 2.75) is 0 Å². The molecule has 0 saturated carbocycles. The van der Waals surface area contributed by atoms with Crippen molar-refractivity contribution in [3.63, 3.8) is 0 Å². The summed E-state index contributed by atoms with van der Waals surface area (Å²) in [7, 11) is -2.37. The van der Waals surface area contributed by atoms with Gasteiger partial charge in [0.2, 0.25) is 0 Å². The van der Waals surface area contributed by atoms with Crippen molar-refractivity contribution in [2.24, 2.45) is 0 Å². The van der Waals surface area contributed by atoms with Crippen molar-refractivity contribution in [2.75, 3.05) is 0 Å². The quantitative estimate of drug-likeness (QED) is 0.441. The zero-order valence-electron chi connectivity index (χ0n) is 6.36. The van der Waals surface area contributed by atoms with E-state index in [0.29, 0.717) is 0 Å². The Labute approximate surface area is 87.0 Å². The molecule has 0 radical (unpaired) electrons. The fourth-order valence-electron chi connectivity index (χ4n) is 0.849. The van der Waals surface area contributed by atoms with E-state index in [1.165, 1.54) is 0 Å². The maximum atomic E-state index is 13.0. The van der Waals surface area contributed by atoms with Crippen molar-refractivity contribution in [1.29, 1.82) is 0 Å². The van der Waals surface area contributed by atoms with Gasteiger partial charge in [-0.05, 0) is 0 Å². The lowest BCUT2D eigenvalue weighted by Gasteiger charge is -2.08. The van der Waals surface area contributed by atoms with Crippen LogP contribution in [0, 0.1) is 17.5 Å². The predicted octanol–water partition coefficient (Wildman–Crippen LogP) is 1.09.